The monoisotopic (exact) mass is 207 g/mol. The number of rotatable bonds is 2. The summed E-state index contributed by atoms with van der Waals surface area (Å²) in [6.45, 7) is 0. The minimum atomic E-state index is -0.186. The van der Waals surface area contributed by atoms with Crippen LogP contribution in [0.2, 0.25) is 0 Å². The maximum absolute atomic E-state index is 12.8. The van der Waals surface area contributed by atoms with Crippen molar-refractivity contribution in [1.29, 1.82) is 0 Å². The van der Waals surface area contributed by atoms with Crippen molar-refractivity contribution < 1.29 is 9.13 Å². The predicted octanol–water partition coefficient (Wildman–Crippen LogP) is 1.93. The van der Waals surface area contributed by atoms with Crippen molar-refractivity contribution in [1.82, 2.24) is 0 Å². The largest absolute Gasteiger partial charge is 0.352 e. The van der Waals surface area contributed by atoms with Crippen molar-refractivity contribution in [2.75, 3.05) is 0 Å². The van der Waals surface area contributed by atoms with Crippen LogP contribution in [0.5, 0.6) is 0 Å². The van der Waals surface area contributed by atoms with Crippen LogP contribution in [-0.4, -0.2) is 12.3 Å². The van der Waals surface area contributed by atoms with Gasteiger partial charge >= 0.3 is 0 Å². The Balaban J connectivity index is 1.93. The van der Waals surface area contributed by atoms with Gasteiger partial charge in [-0.3, -0.25) is 0 Å². The van der Waals surface area contributed by atoms with E-state index in [1.165, 1.54) is 24.1 Å². The molecule has 0 radical (unpaired) electrons. The fourth-order valence-electron chi connectivity index (χ4n) is 2.65. The predicted molar refractivity (Wildman–Crippen MR) is 54.8 cm³/mol. The summed E-state index contributed by atoms with van der Waals surface area (Å²) in [5, 5.41) is 0. The second kappa shape index (κ2) is 3.03. The number of benzene rings is 1. The summed E-state index contributed by atoms with van der Waals surface area (Å²) in [5.74, 6) is -0.186. The first-order chi connectivity index (χ1) is 7.22. The summed E-state index contributed by atoms with van der Waals surface area (Å²) >= 11 is 0. The fourth-order valence-corrected chi connectivity index (χ4v) is 2.65. The molecule has 0 spiro atoms. The van der Waals surface area contributed by atoms with Crippen LogP contribution >= 0.6 is 0 Å². The third kappa shape index (κ3) is 1.30. The van der Waals surface area contributed by atoms with Gasteiger partial charge in [-0.1, -0.05) is 18.6 Å². The first kappa shape index (κ1) is 9.31. The number of halogens is 1. The van der Waals surface area contributed by atoms with Crippen molar-refractivity contribution in [3.05, 3.63) is 35.6 Å². The lowest BCUT2D eigenvalue weighted by Crippen LogP contribution is -2.41. The van der Waals surface area contributed by atoms with Gasteiger partial charge in [0.05, 0.1) is 0 Å². The van der Waals surface area contributed by atoms with Crippen LogP contribution in [0.1, 0.15) is 24.8 Å². The Kier molecular flexibility index (Phi) is 1.88. The van der Waals surface area contributed by atoms with Crippen molar-refractivity contribution in [3.63, 3.8) is 0 Å². The molecule has 2 atom stereocenters. The average molecular weight is 207 g/mol. The van der Waals surface area contributed by atoms with Gasteiger partial charge in [0.15, 0.2) is 0 Å². The lowest BCUT2D eigenvalue weighted by atomic mass is 9.62. The molecule has 0 bridgehead atoms. The molecule has 1 saturated carbocycles. The van der Waals surface area contributed by atoms with Crippen LogP contribution < -0.4 is 5.73 Å². The fraction of sp³-hybridized carbons (Fsp3) is 0.500. The Morgan fingerprint density at radius 3 is 2.27 bits per heavy atom. The van der Waals surface area contributed by atoms with Crippen LogP contribution in [0.15, 0.2) is 24.3 Å². The minimum absolute atomic E-state index is 0.0765. The Hall–Kier alpha value is -0.930. The van der Waals surface area contributed by atoms with E-state index in [0.717, 1.165) is 12.8 Å². The molecule has 2 unspecified atom stereocenters. The molecular formula is C12H14FNO. The standard InChI is InChI=1S/C12H14FNO/c13-9-4-2-8(3-5-9)12(6-1-7-12)10-11(14)15-10/h2-5,10-11H,1,6-7,14H2. The van der Waals surface area contributed by atoms with Crippen LogP contribution in [0.4, 0.5) is 4.39 Å². The second-order valence-electron chi connectivity index (χ2n) is 4.54. The highest BCUT2D eigenvalue weighted by molar-refractivity contribution is 5.32. The Morgan fingerprint density at radius 2 is 1.87 bits per heavy atom. The zero-order valence-electron chi connectivity index (χ0n) is 8.45. The zero-order chi connectivity index (χ0) is 10.5. The Morgan fingerprint density at radius 1 is 1.27 bits per heavy atom. The number of hydrogen-bond donors (Lipinski definition) is 1. The van der Waals surface area contributed by atoms with Crippen molar-refractivity contribution in [2.24, 2.45) is 5.73 Å². The second-order valence-corrected chi connectivity index (χ2v) is 4.54. The van der Waals surface area contributed by atoms with Crippen LogP contribution in [0.25, 0.3) is 0 Å². The summed E-state index contributed by atoms with van der Waals surface area (Å²) in [6, 6.07) is 6.76. The molecule has 80 valence electrons. The van der Waals surface area contributed by atoms with E-state index in [2.05, 4.69) is 0 Å². The van der Waals surface area contributed by atoms with Crippen LogP contribution in [0.3, 0.4) is 0 Å². The van der Waals surface area contributed by atoms with E-state index in [-0.39, 0.29) is 23.6 Å². The quantitative estimate of drug-likeness (QED) is 0.752. The molecule has 3 rings (SSSR count). The van der Waals surface area contributed by atoms with E-state index in [9.17, 15) is 4.39 Å². The van der Waals surface area contributed by atoms with E-state index in [1.54, 1.807) is 0 Å². The van der Waals surface area contributed by atoms with Crippen LogP contribution in [0, 0.1) is 5.82 Å². The number of nitrogens with two attached hydrogens (primary N) is 1. The van der Waals surface area contributed by atoms with Crippen molar-refractivity contribution >= 4 is 0 Å². The lowest BCUT2D eigenvalue weighted by molar-refractivity contribution is 0.176. The van der Waals surface area contributed by atoms with Gasteiger partial charge in [0.25, 0.3) is 0 Å². The average Bonchev–Trinajstić information content (AvgIpc) is 2.85. The molecule has 2 aliphatic rings. The molecule has 15 heavy (non-hydrogen) atoms. The first-order valence-corrected chi connectivity index (χ1v) is 5.39. The third-order valence-electron chi connectivity index (χ3n) is 3.74. The molecule has 1 aliphatic carbocycles. The SMILES string of the molecule is NC1OC1C1(c2ccc(F)cc2)CCC1. The molecule has 1 aromatic carbocycles. The molecule has 0 amide bonds. The molecule has 2 N–H and O–H groups in total. The molecule has 0 aromatic heterocycles. The molecule has 3 heteroatoms. The van der Waals surface area contributed by atoms with Gasteiger partial charge in [0, 0.05) is 5.41 Å². The highest BCUT2D eigenvalue weighted by Crippen LogP contribution is 2.52. The number of epoxide rings is 1. The van der Waals surface area contributed by atoms with E-state index in [4.69, 9.17) is 10.5 Å². The molecular weight excluding hydrogens is 193 g/mol. The van der Waals surface area contributed by atoms with E-state index < -0.39 is 0 Å². The maximum Gasteiger partial charge on any atom is 0.133 e. The van der Waals surface area contributed by atoms with Gasteiger partial charge < -0.3 is 10.5 Å². The topological polar surface area (TPSA) is 38.5 Å². The normalized spacial score (nSPS) is 32.1. The highest BCUT2D eigenvalue weighted by Gasteiger charge is 2.56. The van der Waals surface area contributed by atoms with Crippen molar-refractivity contribution in [2.45, 2.75) is 37.0 Å². The van der Waals surface area contributed by atoms with Crippen LogP contribution in [-0.2, 0) is 10.2 Å². The molecule has 2 nitrogen and oxygen atoms in total. The third-order valence-corrected chi connectivity index (χ3v) is 3.74. The van der Waals surface area contributed by atoms with E-state index in [0.29, 0.717) is 0 Å². The molecule has 1 aromatic rings. The Labute approximate surface area is 88.2 Å². The van der Waals surface area contributed by atoms with Crippen molar-refractivity contribution in [3.8, 4) is 0 Å². The van der Waals surface area contributed by atoms with E-state index in [1.807, 2.05) is 12.1 Å². The van der Waals surface area contributed by atoms with Gasteiger partial charge in [-0.25, -0.2) is 4.39 Å². The van der Waals surface area contributed by atoms with Gasteiger partial charge in [-0.2, -0.15) is 0 Å². The maximum atomic E-state index is 12.8. The molecule has 1 heterocycles. The lowest BCUT2D eigenvalue weighted by Gasteiger charge is -2.41. The Bertz CT molecular complexity index is 372. The summed E-state index contributed by atoms with van der Waals surface area (Å²) < 4.78 is 18.2. The summed E-state index contributed by atoms with van der Waals surface area (Å²) in [4.78, 5) is 0. The molecule has 1 aliphatic heterocycles. The smallest absolute Gasteiger partial charge is 0.133 e. The minimum Gasteiger partial charge on any atom is -0.352 e. The van der Waals surface area contributed by atoms with E-state index >= 15 is 0 Å². The summed E-state index contributed by atoms with van der Waals surface area (Å²) in [7, 11) is 0. The highest BCUT2D eigenvalue weighted by atomic mass is 19.1. The first-order valence-electron chi connectivity index (χ1n) is 5.39. The molecule has 1 saturated heterocycles. The van der Waals surface area contributed by atoms with Gasteiger partial charge in [0.1, 0.15) is 18.1 Å². The van der Waals surface area contributed by atoms with Gasteiger partial charge in [-0.15, -0.1) is 0 Å². The van der Waals surface area contributed by atoms with Gasteiger partial charge in [-0.05, 0) is 30.5 Å². The number of hydrogen-bond acceptors (Lipinski definition) is 2. The number of ether oxygens (including phenoxy) is 1. The summed E-state index contributed by atoms with van der Waals surface area (Å²) in [5.41, 5.74) is 6.98. The molecule has 2 fully saturated rings. The summed E-state index contributed by atoms with van der Waals surface area (Å²) in [6.07, 6.45) is 3.46. The van der Waals surface area contributed by atoms with Gasteiger partial charge in [0.2, 0.25) is 0 Å². The zero-order valence-corrected chi connectivity index (χ0v) is 8.45.